The number of amides is 2. The Morgan fingerprint density at radius 3 is 2.43 bits per heavy atom. The van der Waals surface area contributed by atoms with Crippen LogP contribution in [-0.4, -0.2) is 55.0 Å². The maximum Gasteiger partial charge on any atom is 0.245 e. The van der Waals surface area contributed by atoms with Gasteiger partial charge in [0.2, 0.25) is 11.8 Å². The van der Waals surface area contributed by atoms with Gasteiger partial charge in [0, 0.05) is 12.1 Å². The molecule has 1 atom stereocenters. The number of rotatable bonds is 7. The second-order valence-electron chi connectivity index (χ2n) is 6.85. The molecule has 0 saturated carbocycles. The molecule has 0 aromatic heterocycles. The topological polar surface area (TPSA) is 59.1 Å². The van der Waals surface area contributed by atoms with Crippen molar-refractivity contribution >= 4 is 11.8 Å². The van der Waals surface area contributed by atoms with Gasteiger partial charge in [0.1, 0.15) is 6.04 Å². The first-order valence-electron chi connectivity index (χ1n) is 9.37. The first kappa shape index (κ1) is 19.7. The molecule has 0 aliphatic carbocycles. The highest BCUT2D eigenvalue weighted by molar-refractivity contribution is 5.94. The summed E-state index contributed by atoms with van der Waals surface area (Å²) in [5.41, 5.74) is 1.96. The summed E-state index contributed by atoms with van der Waals surface area (Å²) in [6.07, 6.45) is 0.732. The van der Waals surface area contributed by atoms with E-state index in [1.807, 2.05) is 42.5 Å². The molecule has 0 radical (unpaired) electrons. The largest absolute Gasteiger partial charge is 0.493 e. The molecule has 3 rings (SSSR count). The molecule has 2 amide bonds. The van der Waals surface area contributed by atoms with E-state index < -0.39 is 6.04 Å². The fourth-order valence-corrected chi connectivity index (χ4v) is 3.53. The van der Waals surface area contributed by atoms with E-state index in [1.54, 1.807) is 37.0 Å². The second kappa shape index (κ2) is 8.78. The van der Waals surface area contributed by atoms with Gasteiger partial charge in [0.25, 0.3) is 0 Å². The van der Waals surface area contributed by atoms with Gasteiger partial charge in [-0.25, -0.2) is 0 Å². The lowest BCUT2D eigenvalue weighted by atomic mass is 10.1. The van der Waals surface area contributed by atoms with Crippen molar-refractivity contribution in [2.24, 2.45) is 0 Å². The highest BCUT2D eigenvalue weighted by Gasteiger charge is 2.36. The summed E-state index contributed by atoms with van der Waals surface area (Å²) in [5, 5.41) is 0. The molecule has 0 N–H and O–H groups in total. The number of para-hydroxylation sites is 1. The molecular weight excluding hydrogens is 356 g/mol. The lowest BCUT2D eigenvalue weighted by Gasteiger charge is -2.39. The van der Waals surface area contributed by atoms with Gasteiger partial charge < -0.3 is 19.3 Å². The number of hydrogen-bond acceptors (Lipinski definition) is 4. The summed E-state index contributed by atoms with van der Waals surface area (Å²) in [4.78, 5) is 28.9. The van der Waals surface area contributed by atoms with Crippen molar-refractivity contribution in [2.45, 2.75) is 25.9 Å². The number of methoxy groups -OCH3 is 2. The zero-order valence-electron chi connectivity index (χ0n) is 16.6. The molecule has 6 nitrogen and oxygen atoms in total. The number of ether oxygens (including phenoxy) is 2. The van der Waals surface area contributed by atoms with E-state index in [4.69, 9.17) is 9.47 Å². The van der Waals surface area contributed by atoms with Crippen LogP contribution >= 0.6 is 0 Å². The third-order valence-corrected chi connectivity index (χ3v) is 5.12. The quantitative estimate of drug-likeness (QED) is 0.738. The van der Waals surface area contributed by atoms with Crippen molar-refractivity contribution in [1.29, 1.82) is 0 Å². The van der Waals surface area contributed by atoms with Crippen LogP contribution in [0.2, 0.25) is 0 Å². The molecule has 2 aromatic rings. The minimum Gasteiger partial charge on any atom is -0.493 e. The van der Waals surface area contributed by atoms with Gasteiger partial charge in [-0.1, -0.05) is 42.5 Å². The second-order valence-corrected chi connectivity index (χ2v) is 6.85. The molecule has 28 heavy (non-hydrogen) atoms. The fraction of sp³-hybridized carbons (Fsp3) is 0.364. The van der Waals surface area contributed by atoms with E-state index in [1.165, 1.54) is 0 Å². The summed E-state index contributed by atoms with van der Waals surface area (Å²) < 4.78 is 10.8. The molecule has 0 bridgehead atoms. The zero-order chi connectivity index (χ0) is 20.1. The monoisotopic (exact) mass is 382 g/mol. The summed E-state index contributed by atoms with van der Waals surface area (Å²) in [5.74, 6) is 1.10. The van der Waals surface area contributed by atoms with Crippen LogP contribution in [0.3, 0.4) is 0 Å². The summed E-state index contributed by atoms with van der Waals surface area (Å²) >= 11 is 0. The lowest BCUT2D eigenvalue weighted by Crippen LogP contribution is -2.58. The van der Waals surface area contributed by atoms with E-state index >= 15 is 0 Å². The standard InChI is InChI=1S/C22H26N2O4/c1-16-22(26)23(13-12-17-8-5-4-6-9-17)15-20(25)24(16)14-18-10-7-11-19(27-2)21(18)28-3/h4-11,16H,12-15H2,1-3H3/t16-/m0/s1. The maximum atomic E-state index is 12.8. The van der Waals surface area contributed by atoms with Gasteiger partial charge in [-0.15, -0.1) is 0 Å². The smallest absolute Gasteiger partial charge is 0.245 e. The van der Waals surface area contributed by atoms with Crippen molar-refractivity contribution in [3.63, 3.8) is 0 Å². The van der Waals surface area contributed by atoms with Crippen LogP contribution in [0.4, 0.5) is 0 Å². The molecule has 1 aliphatic heterocycles. The van der Waals surface area contributed by atoms with Crippen molar-refractivity contribution in [3.8, 4) is 11.5 Å². The Balaban J connectivity index is 1.71. The van der Waals surface area contributed by atoms with Crippen LogP contribution in [0.15, 0.2) is 48.5 Å². The van der Waals surface area contributed by atoms with E-state index in [0.717, 1.165) is 17.5 Å². The first-order chi connectivity index (χ1) is 13.5. The SMILES string of the molecule is COc1cccc(CN2C(=O)CN(CCc3ccccc3)C(=O)[C@@H]2C)c1OC. The normalized spacial score (nSPS) is 17.0. The Bertz CT molecular complexity index is 838. The average molecular weight is 382 g/mol. The minimum atomic E-state index is -0.520. The van der Waals surface area contributed by atoms with E-state index in [0.29, 0.717) is 24.6 Å². The third kappa shape index (κ3) is 4.11. The maximum absolute atomic E-state index is 12.8. The summed E-state index contributed by atoms with van der Waals surface area (Å²) in [6, 6.07) is 15.0. The Labute approximate surface area is 165 Å². The number of piperazine rings is 1. The Morgan fingerprint density at radius 2 is 1.75 bits per heavy atom. The first-order valence-corrected chi connectivity index (χ1v) is 9.37. The van der Waals surface area contributed by atoms with Crippen LogP contribution in [0, 0.1) is 0 Å². The predicted octanol–water partition coefficient (Wildman–Crippen LogP) is 2.51. The van der Waals surface area contributed by atoms with Crippen LogP contribution in [0.25, 0.3) is 0 Å². The zero-order valence-corrected chi connectivity index (χ0v) is 16.6. The Hall–Kier alpha value is -3.02. The highest BCUT2D eigenvalue weighted by atomic mass is 16.5. The molecule has 1 fully saturated rings. The van der Waals surface area contributed by atoms with Gasteiger partial charge in [-0.05, 0) is 25.0 Å². The van der Waals surface area contributed by atoms with Gasteiger partial charge in [0.05, 0.1) is 27.3 Å². The molecule has 2 aromatic carbocycles. The Morgan fingerprint density at radius 1 is 1.00 bits per heavy atom. The summed E-state index contributed by atoms with van der Waals surface area (Å²) in [6.45, 7) is 2.72. The number of benzene rings is 2. The number of carbonyl (C=O) groups is 2. The van der Waals surface area contributed by atoms with Gasteiger partial charge in [0.15, 0.2) is 11.5 Å². The number of carbonyl (C=O) groups excluding carboxylic acids is 2. The van der Waals surface area contributed by atoms with Crippen LogP contribution in [-0.2, 0) is 22.6 Å². The molecule has 0 unspecified atom stereocenters. The highest BCUT2D eigenvalue weighted by Crippen LogP contribution is 2.32. The van der Waals surface area contributed by atoms with E-state index in [2.05, 4.69) is 0 Å². The van der Waals surface area contributed by atoms with E-state index in [9.17, 15) is 9.59 Å². The fourth-order valence-electron chi connectivity index (χ4n) is 3.53. The number of nitrogens with zero attached hydrogens (tertiary/aromatic N) is 2. The van der Waals surface area contributed by atoms with Crippen molar-refractivity contribution in [2.75, 3.05) is 27.3 Å². The minimum absolute atomic E-state index is 0.0302. The molecule has 1 heterocycles. The van der Waals surface area contributed by atoms with Gasteiger partial charge >= 0.3 is 0 Å². The Kier molecular flexibility index (Phi) is 6.19. The lowest BCUT2D eigenvalue weighted by molar-refractivity contribution is -0.155. The van der Waals surface area contributed by atoms with Crippen LogP contribution in [0.1, 0.15) is 18.1 Å². The van der Waals surface area contributed by atoms with Crippen molar-refractivity contribution in [3.05, 3.63) is 59.7 Å². The predicted molar refractivity (Wildman–Crippen MR) is 106 cm³/mol. The van der Waals surface area contributed by atoms with Crippen LogP contribution < -0.4 is 9.47 Å². The molecule has 0 spiro atoms. The van der Waals surface area contributed by atoms with Crippen molar-refractivity contribution < 1.29 is 19.1 Å². The molecular formula is C22H26N2O4. The third-order valence-electron chi connectivity index (χ3n) is 5.12. The average Bonchev–Trinajstić information content (AvgIpc) is 2.73. The molecule has 148 valence electrons. The molecule has 1 saturated heterocycles. The molecule has 1 aliphatic rings. The number of hydrogen-bond donors (Lipinski definition) is 0. The summed E-state index contributed by atoms with van der Waals surface area (Å²) in [7, 11) is 3.14. The van der Waals surface area contributed by atoms with Crippen molar-refractivity contribution in [1.82, 2.24) is 9.80 Å². The molecule has 6 heteroatoms. The van der Waals surface area contributed by atoms with E-state index in [-0.39, 0.29) is 18.4 Å². The van der Waals surface area contributed by atoms with Gasteiger partial charge in [-0.3, -0.25) is 9.59 Å². The van der Waals surface area contributed by atoms with Gasteiger partial charge in [-0.2, -0.15) is 0 Å². The van der Waals surface area contributed by atoms with Crippen LogP contribution in [0.5, 0.6) is 11.5 Å².